The number of carbonyl (C=O) groups excluding carboxylic acids is 1. The van der Waals surface area contributed by atoms with E-state index in [-0.39, 0.29) is 5.91 Å². The van der Waals surface area contributed by atoms with Crippen LogP contribution >= 0.6 is 11.3 Å². The van der Waals surface area contributed by atoms with Crippen LogP contribution in [-0.2, 0) is 7.05 Å². The van der Waals surface area contributed by atoms with Crippen molar-refractivity contribution in [1.82, 2.24) is 14.8 Å². The number of fused-ring (bicyclic) bond motifs is 1. The Balaban J connectivity index is 1.91. The number of hydrogen-bond donors (Lipinski definition) is 1. The van der Waals surface area contributed by atoms with Crippen LogP contribution in [0, 0.1) is 6.92 Å². The highest BCUT2D eigenvalue weighted by Gasteiger charge is 2.15. The first kappa shape index (κ1) is 13.6. The van der Waals surface area contributed by atoms with Gasteiger partial charge in [-0.2, -0.15) is 5.10 Å². The molecule has 0 saturated heterocycles. The molecule has 3 aromatic rings. The molecule has 1 N–H and O–H groups in total. The van der Waals surface area contributed by atoms with Gasteiger partial charge in [0.2, 0.25) is 0 Å². The molecule has 2 heterocycles. The monoisotopic (exact) mass is 302 g/mol. The zero-order valence-electron chi connectivity index (χ0n) is 11.9. The molecule has 0 atom stereocenters. The molecule has 0 radical (unpaired) electrons. The van der Waals surface area contributed by atoms with Crippen LogP contribution in [0.4, 0.5) is 5.13 Å². The fourth-order valence-electron chi connectivity index (χ4n) is 2.13. The van der Waals surface area contributed by atoms with Gasteiger partial charge in [0, 0.05) is 7.05 Å². The first-order valence-electron chi connectivity index (χ1n) is 6.34. The van der Waals surface area contributed by atoms with E-state index >= 15 is 0 Å². The number of nitrogens with zero attached hydrogens (tertiary/aromatic N) is 3. The number of para-hydroxylation sites is 1. The van der Waals surface area contributed by atoms with Crippen molar-refractivity contribution in [2.75, 3.05) is 12.4 Å². The highest BCUT2D eigenvalue weighted by molar-refractivity contribution is 7.22. The average Bonchev–Trinajstić information content (AvgIpc) is 3.00. The molecule has 0 aliphatic carbocycles. The van der Waals surface area contributed by atoms with Crippen molar-refractivity contribution >= 4 is 32.6 Å². The Morgan fingerprint density at radius 3 is 2.90 bits per heavy atom. The number of aromatic nitrogens is 3. The molecule has 0 aliphatic heterocycles. The fourth-order valence-corrected chi connectivity index (χ4v) is 3.00. The maximum absolute atomic E-state index is 12.2. The minimum Gasteiger partial charge on any atom is -0.494 e. The number of carbonyl (C=O) groups is 1. The van der Waals surface area contributed by atoms with Crippen molar-refractivity contribution in [3.63, 3.8) is 0 Å². The smallest absolute Gasteiger partial charge is 0.275 e. The summed E-state index contributed by atoms with van der Waals surface area (Å²) in [7, 11) is 3.34. The van der Waals surface area contributed by atoms with Gasteiger partial charge in [-0.25, -0.2) is 4.98 Å². The Bertz CT molecular complexity index is 822. The van der Waals surface area contributed by atoms with Crippen molar-refractivity contribution in [2.45, 2.75) is 6.92 Å². The van der Waals surface area contributed by atoms with Gasteiger partial charge in [0.15, 0.2) is 5.13 Å². The molecule has 6 nitrogen and oxygen atoms in total. The Morgan fingerprint density at radius 1 is 1.43 bits per heavy atom. The molecule has 2 aromatic heterocycles. The molecule has 0 aliphatic rings. The number of methoxy groups -OCH3 is 1. The Kier molecular flexibility index (Phi) is 3.34. The molecule has 108 valence electrons. The number of thiazole rings is 1. The van der Waals surface area contributed by atoms with E-state index in [1.807, 2.05) is 25.1 Å². The highest BCUT2D eigenvalue weighted by atomic mass is 32.1. The van der Waals surface area contributed by atoms with Crippen LogP contribution in [0.1, 0.15) is 16.2 Å². The number of rotatable bonds is 3. The topological polar surface area (TPSA) is 69.0 Å². The summed E-state index contributed by atoms with van der Waals surface area (Å²) in [5, 5.41) is 7.51. The Labute approximate surface area is 125 Å². The van der Waals surface area contributed by atoms with Crippen molar-refractivity contribution in [3.8, 4) is 5.75 Å². The normalized spacial score (nSPS) is 10.8. The lowest BCUT2D eigenvalue weighted by Gasteiger charge is -2.01. The molecule has 21 heavy (non-hydrogen) atoms. The SMILES string of the molecule is COc1cccc2sc(NC(=O)c3cc(C)nn3C)nc12. The molecular weight excluding hydrogens is 288 g/mol. The molecular formula is C14H14N4O2S. The van der Waals surface area contributed by atoms with E-state index < -0.39 is 0 Å². The van der Waals surface area contributed by atoms with Crippen LogP contribution in [0.25, 0.3) is 10.2 Å². The van der Waals surface area contributed by atoms with Gasteiger partial charge in [0.05, 0.1) is 17.5 Å². The van der Waals surface area contributed by atoms with Crippen LogP contribution < -0.4 is 10.1 Å². The van der Waals surface area contributed by atoms with Gasteiger partial charge in [-0.3, -0.25) is 14.8 Å². The molecule has 0 saturated carbocycles. The van der Waals surface area contributed by atoms with Crippen LogP contribution in [0.5, 0.6) is 5.75 Å². The molecule has 1 aromatic carbocycles. The zero-order valence-corrected chi connectivity index (χ0v) is 12.7. The summed E-state index contributed by atoms with van der Waals surface area (Å²) in [6, 6.07) is 7.43. The van der Waals surface area contributed by atoms with Crippen LogP contribution in [-0.4, -0.2) is 27.8 Å². The van der Waals surface area contributed by atoms with Gasteiger partial charge in [-0.05, 0) is 25.1 Å². The second kappa shape index (κ2) is 5.17. The minimum absolute atomic E-state index is 0.226. The molecule has 0 spiro atoms. The van der Waals surface area contributed by atoms with Gasteiger partial charge in [0.25, 0.3) is 5.91 Å². The summed E-state index contributed by atoms with van der Waals surface area (Å²) < 4.78 is 7.79. The fraction of sp³-hybridized carbons (Fsp3) is 0.214. The second-order valence-corrected chi connectivity index (χ2v) is 5.61. The number of nitrogens with one attached hydrogen (secondary N) is 1. The first-order valence-corrected chi connectivity index (χ1v) is 7.15. The molecule has 7 heteroatoms. The average molecular weight is 302 g/mol. The number of anilines is 1. The summed E-state index contributed by atoms with van der Waals surface area (Å²) in [6.45, 7) is 1.85. The predicted octanol–water partition coefficient (Wildman–Crippen LogP) is 2.60. The summed E-state index contributed by atoms with van der Waals surface area (Å²) in [5.41, 5.74) is 2.05. The van der Waals surface area contributed by atoms with Crippen molar-refractivity contribution in [3.05, 3.63) is 35.7 Å². The molecule has 0 bridgehead atoms. The molecule has 3 rings (SSSR count). The number of hydrogen-bond acceptors (Lipinski definition) is 5. The van der Waals surface area contributed by atoms with Crippen LogP contribution in [0.3, 0.4) is 0 Å². The van der Waals surface area contributed by atoms with Gasteiger partial charge < -0.3 is 4.74 Å². The lowest BCUT2D eigenvalue weighted by Crippen LogP contribution is -2.15. The summed E-state index contributed by atoms with van der Waals surface area (Å²) in [5.74, 6) is 0.469. The maximum atomic E-state index is 12.2. The maximum Gasteiger partial charge on any atom is 0.275 e. The quantitative estimate of drug-likeness (QED) is 0.807. The van der Waals surface area contributed by atoms with Crippen molar-refractivity contribution in [1.29, 1.82) is 0 Å². The van der Waals surface area contributed by atoms with E-state index in [0.717, 1.165) is 15.9 Å². The van der Waals surface area contributed by atoms with Crippen LogP contribution in [0.2, 0.25) is 0 Å². The molecule has 0 fully saturated rings. The minimum atomic E-state index is -0.226. The number of amides is 1. The third-order valence-corrected chi connectivity index (χ3v) is 3.99. The summed E-state index contributed by atoms with van der Waals surface area (Å²) in [4.78, 5) is 16.7. The molecule has 0 unspecified atom stereocenters. The van der Waals surface area contributed by atoms with Gasteiger partial charge in [-0.15, -0.1) is 0 Å². The van der Waals surface area contributed by atoms with Gasteiger partial charge in [0.1, 0.15) is 17.0 Å². The summed E-state index contributed by atoms with van der Waals surface area (Å²) in [6.07, 6.45) is 0. The third kappa shape index (κ3) is 2.47. The Morgan fingerprint density at radius 2 is 2.24 bits per heavy atom. The third-order valence-electron chi connectivity index (χ3n) is 3.06. The van der Waals surface area contributed by atoms with Crippen molar-refractivity contribution < 1.29 is 9.53 Å². The molecule has 1 amide bonds. The number of aryl methyl sites for hydroxylation is 2. The van der Waals surface area contributed by atoms with E-state index in [1.54, 1.807) is 24.9 Å². The van der Waals surface area contributed by atoms with Gasteiger partial charge in [-0.1, -0.05) is 17.4 Å². The Hall–Kier alpha value is -2.41. The van der Waals surface area contributed by atoms with E-state index in [0.29, 0.717) is 16.6 Å². The lowest BCUT2D eigenvalue weighted by atomic mass is 10.3. The number of benzene rings is 1. The lowest BCUT2D eigenvalue weighted by molar-refractivity contribution is 0.101. The van der Waals surface area contributed by atoms with E-state index in [9.17, 15) is 4.79 Å². The van der Waals surface area contributed by atoms with E-state index in [1.165, 1.54) is 11.3 Å². The zero-order chi connectivity index (χ0) is 15.0. The second-order valence-electron chi connectivity index (χ2n) is 4.57. The van der Waals surface area contributed by atoms with Crippen molar-refractivity contribution in [2.24, 2.45) is 7.05 Å². The first-order chi connectivity index (χ1) is 10.1. The predicted molar refractivity (Wildman–Crippen MR) is 82.1 cm³/mol. The standard InChI is InChI=1S/C14H14N4O2S/c1-8-7-9(18(2)17-8)13(19)16-14-15-12-10(20-3)5-4-6-11(12)21-14/h4-7H,1-3H3,(H,15,16,19). The van der Waals surface area contributed by atoms with E-state index in [4.69, 9.17) is 4.74 Å². The van der Waals surface area contributed by atoms with Gasteiger partial charge >= 0.3 is 0 Å². The van der Waals surface area contributed by atoms with Crippen LogP contribution in [0.15, 0.2) is 24.3 Å². The largest absolute Gasteiger partial charge is 0.494 e. The number of ether oxygens (including phenoxy) is 1. The summed E-state index contributed by atoms with van der Waals surface area (Å²) >= 11 is 1.41. The van der Waals surface area contributed by atoms with E-state index in [2.05, 4.69) is 15.4 Å². The highest BCUT2D eigenvalue weighted by Crippen LogP contribution is 2.32.